The maximum atomic E-state index is 11.8. The molecule has 2 aromatic carbocycles. The van der Waals surface area contributed by atoms with Gasteiger partial charge in [0.25, 0.3) is 0 Å². The number of amides is 1. The Bertz CT molecular complexity index is 712. The average Bonchev–Trinajstić information content (AvgIpc) is 2.66. The van der Waals surface area contributed by atoms with E-state index in [-0.39, 0.29) is 11.7 Å². The Labute approximate surface area is 153 Å². The summed E-state index contributed by atoms with van der Waals surface area (Å²) in [6, 6.07) is 14.5. The number of ether oxygens (including phenoxy) is 2. The third kappa shape index (κ3) is 6.47. The van der Waals surface area contributed by atoms with Crippen molar-refractivity contribution in [3.8, 4) is 11.5 Å². The summed E-state index contributed by atoms with van der Waals surface area (Å²) >= 11 is 0. The second-order valence-electron chi connectivity index (χ2n) is 5.68. The van der Waals surface area contributed by atoms with Gasteiger partial charge in [0.1, 0.15) is 18.1 Å². The van der Waals surface area contributed by atoms with Crippen molar-refractivity contribution in [3.05, 3.63) is 54.1 Å². The first-order valence-electron chi connectivity index (χ1n) is 8.47. The Morgan fingerprint density at radius 3 is 2.19 bits per heavy atom. The summed E-state index contributed by atoms with van der Waals surface area (Å²) in [5.41, 5.74) is 1.55. The molecule has 2 aromatic rings. The maximum Gasteiger partial charge on any atom is 0.221 e. The Kier molecular flexibility index (Phi) is 7.49. The van der Waals surface area contributed by atoms with Gasteiger partial charge in [0.05, 0.1) is 13.7 Å². The Morgan fingerprint density at radius 1 is 0.923 bits per heavy atom. The van der Waals surface area contributed by atoms with Crippen molar-refractivity contribution >= 4 is 17.4 Å². The first-order chi connectivity index (χ1) is 12.6. The first-order valence-corrected chi connectivity index (χ1v) is 8.47. The van der Waals surface area contributed by atoms with Crippen LogP contribution in [0.2, 0.25) is 0 Å². The molecule has 0 saturated heterocycles. The van der Waals surface area contributed by atoms with Crippen LogP contribution in [0.4, 0.5) is 5.69 Å². The largest absolute Gasteiger partial charge is 0.497 e. The standard InChI is InChI=1S/C20H24N2O4/c1-15(23)16-3-5-17(6-4-16)21-12-11-20(24)22-13-14-26-19-9-7-18(25-2)8-10-19/h3-10,21H,11-14H2,1-2H3,(H,22,24). The highest BCUT2D eigenvalue weighted by Crippen LogP contribution is 2.16. The van der Waals surface area contributed by atoms with E-state index in [2.05, 4.69) is 10.6 Å². The van der Waals surface area contributed by atoms with Crippen molar-refractivity contribution in [2.75, 3.05) is 32.1 Å². The van der Waals surface area contributed by atoms with Gasteiger partial charge in [-0.15, -0.1) is 0 Å². The second-order valence-corrected chi connectivity index (χ2v) is 5.68. The molecular formula is C20H24N2O4. The van der Waals surface area contributed by atoms with Crippen LogP contribution < -0.4 is 20.1 Å². The highest BCUT2D eigenvalue weighted by molar-refractivity contribution is 5.94. The Morgan fingerprint density at radius 2 is 1.58 bits per heavy atom. The molecule has 0 aliphatic rings. The smallest absolute Gasteiger partial charge is 0.221 e. The molecule has 0 atom stereocenters. The predicted molar refractivity (Wildman–Crippen MR) is 101 cm³/mol. The van der Waals surface area contributed by atoms with Gasteiger partial charge in [0.15, 0.2) is 5.78 Å². The van der Waals surface area contributed by atoms with Crippen molar-refractivity contribution in [2.45, 2.75) is 13.3 Å². The number of benzene rings is 2. The fraction of sp³-hybridized carbons (Fsp3) is 0.300. The molecule has 0 aliphatic heterocycles. The van der Waals surface area contributed by atoms with E-state index in [1.165, 1.54) is 6.92 Å². The van der Waals surface area contributed by atoms with Crippen molar-refractivity contribution in [1.29, 1.82) is 0 Å². The van der Waals surface area contributed by atoms with Crippen LogP contribution in [0, 0.1) is 0 Å². The lowest BCUT2D eigenvalue weighted by Gasteiger charge is -2.09. The second kappa shape index (κ2) is 10.1. The minimum Gasteiger partial charge on any atom is -0.497 e. The third-order valence-corrected chi connectivity index (χ3v) is 3.73. The summed E-state index contributed by atoms with van der Waals surface area (Å²) in [6.45, 7) is 2.89. The summed E-state index contributed by atoms with van der Waals surface area (Å²) in [4.78, 5) is 23.0. The summed E-state index contributed by atoms with van der Waals surface area (Å²) in [5, 5.41) is 5.97. The lowest BCUT2D eigenvalue weighted by molar-refractivity contribution is -0.120. The van der Waals surface area contributed by atoms with E-state index < -0.39 is 0 Å². The molecule has 0 fully saturated rings. The van der Waals surface area contributed by atoms with E-state index >= 15 is 0 Å². The number of anilines is 1. The van der Waals surface area contributed by atoms with Gasteiger partial charge in [0.2, 0.25) is 5.91 Å². The molecule has 1 amide bonds. The molecule has 6 nitrogen and oxygen atoms in total. The van der Waals surface area contributed by atoms with Gasteiger partial charge in [0, 0.05) is 24.2 Å². The zero-order valence-electron chi connectivity index (χ0n) is 15.1. The number of nitrogens with one attached hydrogen (secondary N) is 2. The lowest BCUT2D eigenvalue weighted by Crippen LogP contribution is -2.29. The predicted octanol–water partition coefficient (Wildman–Crippen LogP) is 2.90. The van der Waals surface area contributed by atoms with Gasteiger partial charge in [-0.3, -0.25) is 9.59 Å². The van der Waals surface area contributed by atoms with Crippen LogP contribution in [0.5, 0.6) is 11.5 Å². The zero-order valence-corrected chi connectivity index (χ0v) is 15.1. The molecule has 0 radical (unpaired) electrons. The molecular weight excluding hydrogens is 332 g/mol. The first kappa shape index (κ1) is 19.3. The van der Waals surface area contributed by atoms with E-state index in [0.717, 1.165) is 17.2 Å². The molecule has 6 heteroatoms. The van der Waals surface area contributed by atoms with Crippen LogP contribution in [0.1, 0.15) is 23.7 Å². The van der Waals surface area contributed by atoms with Crippen LogP contribution >= 0.6 is 0 Å². The summed E-state index contributed by atoms with van der Waals surface area (Å²) in [7, 11) is 1.61. The quantitative estimate of drug-likeness (QED) is 0.506. The summed E-state index contributed by atoms with van der Waals surface area (Å²) in [5.74, 6) is 1.49. The number of hydrogen-bond donors (Lipinski definition) is 2. The molecule has 0 heterocycles. The zero-order chi connectivity index (χ0) is 18.8. The van der Waals surface area contributed by atoms with E-state index in [1.54, 1.807) is 19.2 Å². The summed E-state index contributed by atoms with van der Waals surface area (Å²) in [6.07, 6.45) is 0.358. The number of Topliss-reactive ketones (excluding diaryl/α,β-unsaturated/α-hetero) is 1. The van der Waals surface area contributed by atoms with E-state index in [1.807, 2.05) is 36.4 Å². The van der Waals surface area contributed by atoms with Crippen LogP contribution in [-0.2, 0) is 4.79 Å². The van der Waals surface area contributed by atoms with Gasteiger partial charge < -0.3 is 20.1 Å². The molecule has 2 rings (SSSR count). The monoisotopic (exact) mass is 356 g/mol. The number of carbonyl (C=O) groups is 2. The van der Waals surface area contributed by atoms with Crippen molar-refractivity contribution < 1.29 is 19.1 Å². The molecule has 2 N–H and O–H groups in total. The highest BCUT2D eigenvalue weighted by Gasteiger charge is 2.02. The maximum absolute atomic E-state index is 11.8. The normalized spacial score (nSPS) is 10.1. The highest BCUT2D eigenvalue weighted by atomic mass is 16.5. The van der Waals surface area contributed by atoms with Crippen LogP contribution in [0.3, 0.4) is 0 Å². The van der Waals surface area contributed by atoms with Gasteiger partial charge in [-0.05, 0) is 55.5 Å². The van der Waals surface area contributed by atoms with Crippen LogP contribution in [0.25, 0.3) is 0 Å². The number of methoxy groups -OCH3 is 1. The van der Waals surface area contributed by atoms with Gasteiger partial charge in [-0.2, -0.15) is 0 Å². The fourth-order valence-electron chi connectivity index (χ4n) is 2.26. The van der Waals surface area contributed by atoms with Gasteiger partial charge in [-0.1, -0.05) is 0 Å². The average molecular weight is 356 g/mol. The van der Waals surface area contributed by atoms with Gasteiger partial charge in [-0.25, -0.2) is 0 Å². The molecule has 0 spiro atoms. The van der Waals surface area contributed by atoms with Crippen molar-refractivity contribution in [3.63, 3.8) is 0 Å². The van der Waals surface area contributed by atoms with E-state index in [0.29, 0.717) is 31.7 Å². The number of hydrogen-bond acceptors (Lipinski definition) is 5. The fourth-order valence-corrected chi connectivity index (χ4v) is 2.26. The lowest BCUT2D eigenvalue weighted by atomic mass is 10.1. The Hall–Kier alpha value is -3.02. The minimum atomic E-state index is -0.0452. The third-order valence-electron chi connectivity index (χ3n) is 3.73. The van der Waals surface area contributed by atoms with Crippen LogP contribution in [-0.4, -0.2) is 38.5 Å². The molecule has 0 aliphatic carbocycles. The molecule has 0 unspecified atom stereocenters. The van der Waals surface area contributed by atoms with Gasteiger partial charge >= 0.3 is 0 Å². The number of carbonyl (C=O) groups excluding carboxylic acids is 2. The molecule has 0 aromatic heterocycles. The Balaban J connectivity index is 1.59. The van der Waals surface area contributed by atoms with Crippen molar-refractivity contribution in [2.24, 2.45) is 0 Å². The van der Waals surface area contributed by atoms with Crippen LogP contribution in [0.15, 0.2) is 48.5 Å². The number of ketones is 1. The molecule has 0 bridgehead atoms. The summed E-state index contributed by atoms with van der Waals surface area (Å²) < 4.78 is 10.6. The minimum absolute atomic E-state index is 0.0350. The van der Waals surface area contributed by atoms with E-state index in [4.69, 9.17) is 9.47 Å². The molecule has 138 valence electrons. The number of rotatable bonds is 10. The molecule has 26 heavy (non-hydrogen) atoms. The SMILES string of the molecule is COc1ccc(OCCNC(=O)CCNc2ccc(C(C)=O)cc2)cc1. The van der Waals surface area contributed by atoms with E-state index in [9.17, 15) is 9.59 Å². The van der Waals surface area contributed by atoms with Crippen molar-refractivity contribution in [1.82, 2.24) is 5.32 Å². The molecule has 0 saturated carbocycles. The topological polar surface area (TPSA) is 76.7 Å².